The molecule has 1 aromatic heterocycles. The molecule has 2 aliphatic heterocycles. The zero-order valence-electron chi connectivity index (χ0n) is 14.7. The number of nitrogens with one attached hydrogen (secondary N) is 1. The van der Waals surface area contributed by atoms with Gasteiger partial charge in [-0.25, -0.2) is 14.4 Å². The van der Waals surface area contributed by atoms with E-state index in [-0.39, 0.29) is 17.0 Å². The second-order valence-corrected chi connectivity index (χ2v) is 7.70. The van der Waals surface area contributed by atoms with E-state index in [1.54, 1.807) is 17.2 Å². The summed E-state index contributed by atoms with van der Waals surface area (Å²) in [5, 5.41) is 3.50. The number of hydrogen-bond donors (Lipinski definition) is 1. The molecule has 3 heterocycles. The van der Waals surface area contributed by atoms with Crippen molar-refractivity contribution in [3.8, 4) is 0 Å². The van der Waals surface area contributed by atoms with E-state index in [2.05, 4.69) is 20.2 Å². The Morgan fingerprint density at radius 3 is 2.78 bits per heavy atom. The van der Waals surface area contributed by atoms with Crippen molar-refractivity contribution < 1.29 is 9.18 Å². The van der Waals surface area contributed by atoms with Crippen LogP contribution in [0.1, 0.15) is 24.0 Å². The summed E-state index contributed by atoms with van der Waals surface area (Å²) < 4.78 is 13.9. The van der Waals surface area contributed by atoms with Gasteiger partial charge in [-0.2, -0.15) is 0 Å². The fourth-order valence-electron chi connectivity index (χ4n) is 4.19. The minimum atomic E-state index is -0.453. The van der Waals surface area contributed by atoms with Crippen LogP contribution < -0.4 is 15.1 Å². The summed E-state index contributed by atoms with van der Waals surface area (Å²) in [6.45, 7) is 3.65. The molecule has 0 radical (unpaired) electrons. The Hall–Kier alpha value is -2.25. The molecule has 1 amide bonds. The SMILES string of the molecule is O=C1N(Cc2cnc(Cl)nc2N2CCNCC2)c2cc(F)ccc2C12CC2. The molecular weight excluding hydrogens is 369 g/mol. The minimum Gasteiger partial charge on any atom is -0.354 e. The maximum absolute atomic E-state index is 13.9. The number of piperazine rings is 1. The van der Waals surface area contributed by atoms with E-state index in [0.717, 1.165) is 56.0 Å². The molecule has 27 heavy (non-hydrogen) atoms. The summed E-state index contributed by atoms with van der Waals surface area (Å²) in [4.78, 5) is 25.5. The van der Waals surface area contributed by atoms with E-state index >= 15 is 0 Å². The van der Waals surface area contributed by atoms with E-state index in [1.165, 1.54) is 12.1 Å². The first-order valence-corrected chi connectivity index (χ1v) is 9.55. The quantitative estimate of drug-likeness (QED) is 0.818. The van der Waals surface area contributed by atoms with Crippen LogP contribution in [0.4, 0.5) is 15.9 Å². The molecule has 1 saturated carbocycles. The Labute approximate surface area is 161 Å². The van der Waals surface area contributed by atoms with Crippen LogP contribution in [0.2, 0.25) is 5.28 Å². The van der Waals surface area contributed by atoms with Crippen LogP contribution in [-0.4, -0.2) is 42.1 Å². The van der Waals surface area contributed by atoms with Crippen molar-refractivity contribution in [3.63, 3.8) is 0 Å². The van der Waals surface area contributed by atoms with Crippen LogP contribution in [0.5, 0.6) is 0 Å². The van der Waals surface area contributed by atoms with Crippen LogP contribution in [0, 0.1) is 5.82 Å². The van der Waals surface area contributed by atoms with Gasteiger partial charge in [-0.05, 0) is 42.1 Å². The monoisotopic (exact) mass is 387 g/mol. The number of rotatable bonds is 3. The van der Waals surface area contributed by atoms with Gasteiger partial charge in [0.2, 0.25) is 11.2 Å². The molecule has 1 N–H and O–H groups in total. The molecule has 1 spiro atoms. The highest BCUT2D eigenvalue weighted by Gasteiger charge is 2.59. The van der Waals surface area contributed by atoms with Gasteiger partial charge < -0.3 is 15.1 Å². The van der Waals surface area contributed by atoms with E-state index in [4.69, 9.17) is 11.6 Å². The number of aromatic nitrogens is 2. The van der Waals surface area contributed by atoms with Gasteiger partial charge >= 0.3 is 0 Å². The van der Waals surface area contributed by atoms with Gasteiger partial charge in [0.15, 0.2) is 0 Å². The van der Waals surface area contributed by atoms with Gasteiger partial charge in [-0.3, -0.25) is 4.79 Å². The first-order valence-electron chi connectivity index (χ1n) is 9.18. The van der Waals surface area contributed by atoms with Crippen LogP contribution in [0.15, 0.2) is 24.4 Å². The third kappa shape index (κ3) is 2.68. The standard InChI is InChI=1S/C19H19ClFN5O/c20-18-23-10-12(16(24-18)25-7-5-22-6-8-25)11-26-15-9-13(21)1-2-14(15)19(3-4-19)17(26)27/h1-2,9-10,22H,3-8,11H2. The lowest BCUT2D eigenvalue weighted by Crippen LogP contribution is -2.44. The predicted octanol–water partition coefficient (Wildman–Crippen LogP) is 2.26. The molecular formula is C19H19ClFN5O. The number of carbonyl (C=O) groups is 1. The Morgan fingerprint density at radius 1 is 1.26 bits per heavy atom. The van der Waals surface area contributed by atoms with Gasteiger partial charge in [0, 0.05) is 37.9 Å². The number of nitrogens with zero attached hydrogens (tertiary/aromatic N) is 4. The molecule has 140 valence electrons. The first kappa shape index (κ1) is 16.9. The average molecular weight is 388 g/mol. The van der Waals surface area contributed by atoms with E-state index in [9.17, 15) is 9.18 Å². The van der Waals surface area contributed by atoms with Crippen LogP contribution >= 0.6 is 11.6 Å². The number of anilines is 2. The lowest BCUT2D eigenvalue weighted by atomic mass is 9.98. The highest BCUT2D eigenvalue weighted by atomic mass is 35.5. The average Bonchev–Trinajstić information content (AvgIpc) is 3.45. The largest absolute Gasteiger partial charge is 0.354 e. The van der Waals surface area contributed by atoms with Crippen molar-refractivity contribution in [3.05, 3.63) is 46.6 Å². The van der Waals surface area contributed by atoms with E-state index in [0.29, 0.717) is 12.2 Å². The molecule has 1 saturated heterocycles. The van der Waals surface area contributed by atoms with Gasteiger partial charge in [0.05, 0.1) is 17.6 Å². The molecule has 0 atom stereocenters. The second-order valence-electron chi connectivity index (χ2n) is 7.36. The van der Waals surface area contributed by atoms with E-state index in [1.807, 2.05) is 0 Å². The van der Waals surface area contributed by atoms with Gasteiger partial charge in [-0.15, -0.1) is 0 Å². The summed E-state index contributed by atoms with van der Waals surface area (Å²) in [5.74, 6) is 0.460. The summed E-state index contributed by atoms with van der Waals surface area (Å²) in [6.07, 6.45) is 3.32. The van der Waals surface area contributed by atoms with Crippen LogP contribution in [-0.2, 0) is 16.8 Å². The zero-order chi connectivity index (χ0) is 18.6. The maximum atomic E-state index is 13.9. The molecule has 5 rings (SSSR count). The molecule has 2 aromatic rings. The molecule has 6 nitrogen and oxygen atoms in total. The fraction of sp³-hybridized carbons (Fsp3) is 0.421. The van der Waals surface area contributed by atoms with E-state index < -0.39 is 5.41 Å². The van der Waals surface area contributed by atoms with Crippen molar-refractivity contribution in [2.24, 2.45) is 0 Å². The fourth-order valence-corrected chi connectivity index (χ4v) is 4.32. The first-order chi connectivity index (χ1) is 13.1. The number of benzene rings is 1. The lowest BCUT2D eigenvalue weighted by molar-refractivity contribution is -0.120. The molecule has 2 fully saturated rings. The second kappa shape index (κ2) is 6.14. The minimum absolute atomic E-state index is 0.0457. The summed E-state index contributed by atoms with van der Waals surface area (Å²) in [6, 6.07) is 4.65. The lowest BCUT2D eigenvalue weighted by Gasteiger charge is -2.30. The number of hydrogen-bond acceptors (Lipinski definition) is 5. The van der Waals surface area contributed by atoms with Gasteiger partial charge in [0.1, 0.15) is 11.6 Å². The van der Waals surface area contributed by atoms with Gasteiger partial charge in [-0.1, -0.05) is 6.07 Å². The van der Waals surface area contributed by atoms with Crippen LogP contribution in [0.3, 0.4) is 0 Å². The van der Waals surface area contributed by atoms with Crippen molar-refractivity contribution in [2.45, 2.75) is 24.8 Å². The van der Waals surface area contributed by atoms with Crippen molar-refractivity contribution in [2.75, 3.05) is 36.0 Å². The number of halogens is 2. The predicted molar refractivity (Wildman–Crippen MR) is 101 cm³/mol. The summed E-state index contributed by atoms with van der Waals surface area (Å²) in [5.41, 5.74) is 1.97. The van der Waals surface area contributed by atoms with Gasteiger partial charge in [0.25, 0.3) is 0 Å². The maximum Gasteiger partial charge on any atom is 0.238 e. The molecule has 0 bridgehead atoms. The zero-order valence-corrected chi connectivity index (χ0v) is 15.5. The Balaban J connectivity index is 1.53. The summed E-state index contributed by atoms with van der Waals surface area (Å²) in [7, 11) is 0. The topological polar surface area (TPSA) is 61.4 Å². The molecule has 1 aromatic carbocycles. The normalized spacial score (nSPS) is 20.3. The summed E-state index contributed by atoms with van der Waals surface area (Å²) >= 11 is 6.04. The van der Waals surface area contributed by atoms with Crippen LogP contribution in [0.25, 0.3) is 0 Å². The molecule has 1 aliphatic carbocycles. The number of carbonyl (C=O) groups excluding carboxylic acids is 1. The smallest absolute Gasteiger partial charge is 0.238 e. The third-order valence-electron chi connectivity index (χ3n) is 5.73. The highest BCUT2D eigenvalue weighted by Crippen LogP contribution is 2.57. The van der Waals surface area contributed by atoms with Crippen molar-refractivity contribution in [1.82, 2.24) is 15.3 Å². The van der Waals surface area contributed by atoms with Crippen molar-refractivity contribution in [1.29, 1.82) is 0 Å². The number of fused-ring (bicyclic) bond motifs is 2. The Kier molecular flexibility index (Phi) is 3.84. The Bertz CT molecular complexity index is 926. The highest BCUT2D eigenvalue weighted by molar-refractivity contribution is 6.28. The molecule has 8 heteroatoms. The number of amides is 1. The molecule has 3 aliphatic rings. The Morgan fingerprint density at radius 2 is 2.04 bits per heavy atom. The third-order valence-corrected chi connectivity index (χ3v) is 5.91. The molecule has 0 unspecified atom stereocenters. The van der Waals surface area contributed by atoms with Crippen molar-refractivity contribution >= 4 is 29.0 Å².